The zero-order chi connectivity index (χ0) is 41.0. The second kappa shape index (κ2) is 17.9. The third kappa shape index (κ3) is 9.84. The van der Waals surface area contributed by atoms with Crippen LogP contribution >= 0.6 is 0 Å². The topological polar surface area (TPSA) is 190 Å². The van der Waals surface area contributed by atoms with Crippen molar-refractivity contribution in [1.29, 1.82) is 0 Å². The number of carbonyl (C=O) groups excluding carboxylic acids is 6. The number of amides is 5. The number of hydrogen-bond acceptors (Lipinski definition) is 10. The van der Waals surface area contributed by atoms with Crippen molar-refractivity contribution in [1.82, 2.24) is 30.7 Å². The number of cyclic esters (lactones) is 1. The molecule has 4 aliphatic rings. The highest BCUT2D eigenvalue weighted by Gasteiger charge is 2.46. The molecule has 15 nitrogen and oxygen atoms in total. The number of aryl methyl sites for hydroxylation is 1. The van der Waals surface area contributed by atoms with Crippen molar-refractivity contribution in [2.75, 3.05) is 31.6 Å². The summed E-state index contributed by atoms with van der Waals surface area (Å²) in [7, 11) is 0. The van der Waals surface area contributed by atoms with Crippen LogP contribution < -0.4 is 21.3 Å². The van der Waals surface area contributed by atoms with Gasteiger partial charge in [-0.15, -0.1) is 0 Å². The van der Waals surface area contributed by atoms with Gasteiger partial charge in [0.05, 0.1) is 12.6 Å². The van der Waals surface area contributed by atoms with E-state index in [0.29, 0.717) is 37.4 Å². The van der Waals surface area contributed by atoms with Crippen molar-refractivity contribution in [2.24, 2.45) is 0 Å². The van der Waals surface area contributed by atoms with Crippen molar-refractivity contribution >= 4 is 41.2 Å². The van der Waals surface area contributed by atoms with Gasteiger partial charge < -0.3 is 40.5 Å². The third-order valence-electron chi connectivity index (χ3n) is 10.8. The fourth-order valence-electron chi connectivity index (χ4n) is 7.96. The molecule has 4 saturated heterocycles. The van der Waals surface area contributed by atoms with Crippen molar-refractivity contribution in [3.05, 3.63) is 65.2 Å². The number of ether oxygens (including phenoxy) is 1. The molecule has 4 unspecified atom stereocenters. The van der Waals surface area contributed by atoms with Crippen LogP contribution in [0.5, 0.6) is 0 Å². The van der Waals surface area contributed by atoms with E-state index in [1.165, 1.54) is 16.7 Å². The Bertz CT molecular complexity index is 1830. The molecule has 4 fully saturated rings. The molecule has 0 aliphatic carbocycles. The first-order valence-electron chi connectivity index (χ1n) is 19.2. The fraction of sp³-hybridized carbons (Fsp3) is 0.538. The summed E-state index contributed by atoms with van der Waals surface area (Å²) in [6, 6.07) is 1.93. The number of rotatable bonds is 8. The number of piperidine rings is 1. The number of esters is 1. The Hall–Kier alpha value is -5.23. The minimum atomic E-state index is -1.65. The third-order valence-corrected chi connectivity index (χ3v) is 10.8. The number of benzene rings is 2. The number of carbonyl (C=O) groups is 6. The lowest BCUT2D eigenvalue weighted by atomic mass is 9.99. The molecule has 0 spiro atoms. The molecule has 0 bridgehead atoms. The first kappa shape index (κ1) is 41.4. The van der Waals surface area contributed by atoms with Gasteiger partial charge in [-0.2, -0.15) is 0 Å². The normalized spacial score (nSPS) is 27.2. The van der Waals surface area contributed by atoms with Gasteiger partial charge in [0.1, 0.15) is 54.6 Å². The van der Waals surface area contributed by atoms with Crippen LogP contribution in [0, 0.1) is 18.6 Å². The van der Waals surface area contributed by atoms with Gasteiger partial charge in [-0.05, 0) is 82.2 Å². The lowest BCUT2D eigenvalue weighted by Crippen LogP contribution is -2.62. The highest BCUT2D eigenvalue weighted by Crippen LogP contribution is 2.27. The summed E-state index contributed by atoms with van der Waals surface area (Å²) in [5.41, 5.74) is 1.45. The van der Waals surface area contributed by atoms with E-state index >= 15 is 0 Å². The van der Waals surface area contributed by atoms with E-state index in [1.807, 2.05) is 6.92 Å². The molecule has 5 amide bonds. The molecule has 4 heterocycles. The number of hydrogen-bond donors (Lipinski definition) is 5. The lowest BCUT2D eigenvalue weighted by Gasteiger charge is -2.39. The maximum atomic E-state index is 14.8. The number of aliphatic hydroxyl groups is 1. The average molecular weight is 800 g/mol. The van der Waals surface area contributed by atoms with Crippen molar-refractivity contribution in [3.63, 3.8) is 0 Å². The predicted octanol–water partition coefficient (Wildman–Crippen LogP) is 1.02. The van der Waals surface area contributed by atoms with Gasteiger partial charge >= 0.3 is 5.97 Å². The van der Waals surface area contributed by atoms with Crippen LogP contribution in [0.2, 0.25) is 0 Å². The van der Waals surface area contributed by atoms with Gasteiger partial charge in [0.2, 0.25) is 29.5 Å². The Kier molecular flexibility index (Phi) is 13.0. The largest absolute Gasteiger partial charge is 0.461 e. The Labute approximate surface area is 327 Å². The number of halogens is 3. The van der Waals surface area contributed by atoms with E-state index in [9.17, 15) is 47.0 Å². The molecular weight excluding hydrogens is 751 g/mol. The predicted molar refractivity (Wildman–Crippen MR) is 197 cm³/mol. The summed E-state index contributed by atoms with van der Waals surface area (Å²) >= 11 is 0. The zero-order valence-corrected chi connectivity index (χ0v) is 31.7. The Morgan fingerprint density at radius 3 is 2.28 bits per heavy atom. The van der Waals surface area contributed by atoms with Gasteiger partial charge in [0, 0.05) is 31.3 Å². The summed E-state index contributed by atoms with van der Waals surface area (Å²) in [6.45, 7) is 2.35. The molecule has 6 rings (SSSR count). The van der Waals surface area contributed by atoms with Gasteiger partial charge in [-0.3, -0.25) is 29.3 Å². The van der Waals surface area contributed by atoms with E-state index in [1.54, 1.807) is 24.3 Å². The molecular formula is C39H48F3N7O8. The molecule has 57 heavy (non-hydrogen) atoms. The van der Waals surface area contributed by atoms with Crippen LogP contribution in [0.1, 0.15) is 56.6 Å². The molecule has 5 N–H and O–H groups in total. The van der Waals surface area contributed by atoms with Crippen LogP contribution in [0.25, 0.3) is 0 Å². The van der Waals surface area contributed by atoms with Gasteiger partial charge in [0.25, 0.3) is 0 Å². The standard InChI is InChI=1S/C39H48F3N7O8/c1-21-8-10-27(11-9-21)44-39(56)46-28(16-23-14-24(40)17-25(41)15-23)33(50)45-29-20-57-38(55)32-18-26(42)19-49(32)35(52)22(2)43-34(51)30-6-3-4-12-47(30)37(54)31-7-5-13-48(31)36(29)53/h8-11,14-15,17,22,26,28-32,39,44,46,56H,3-7,12-13,16,18-20H2,1-2H3,(H,43,51)(H,45,50)/t22-,26+,28-,29-,30?,31?,32?,39?/m0/s1. The van der Waals surface area contributed by atoms with Gasteiger partial charge in [-0.25, -0.2) is 18.0 Å². The molecule has 8 atom stereocenters. The molecule has 18 heteroatoms. The summed E-state index contributed by atoms with van der Waals surface area (Å²) in [5, 5.41) is 21.6. The highest BCUT2D eigenvalue weighted by molar-refractivity contribution is 5.97. The minimum absolute atomic E-state index is 0.0322. The average Bonchev–Trinajstić information content (AvgIpc) is 3.82. The number of nitrogens with zero attached hydrogens (tertiary/aromatic N) is 3. The second-order valence-corrected chi connectivity index (χ2v) is 15.1. The van der Waals surface area contributed by atoms with E-state index in [2.05, 4.69) is 21.3 Å². The number of anilines is 1. The van der Waals surface area contributed by atoms with Crippen molar-refractivity contribution in [3.8, 4) is 0 Å². The molecule has 4 aliphatic heterocycles. The van der Waals surface area contributed by atoms with Gasteiger partial charge in [-0.1, -0.05) is 17.7 Å². The second-order valence-electron chi connectivity index (χ2n) is 15.1. The summed E-state index contributed by atoms with van der Waals surface area (Å²) in [6.07, 6.45) is -1.80. The highest BCUT2D eigenvalue weighted by atomic mass is 19.1. The molecule has 0 saturated carbocycles. The summed E-state index contributed by atoms with van der Waals surface area (Å²) in [4.78, 5) is 87.1. The molecule has 0 aromatic heterocycles. The number of aliphatic hydroxyl groups excluding tert-OH is 1. The fourth-order valence-corrected chi connectivity index (χ4v) is 7.96. The number of fused-ring (bicyclic) bond motifs is 3. The van der Waals surface area contributed by atoms with Crippen LogP contribution in [0.3, 0.4) is 0 Å². The Morgan fingerprint density at radius 1 is 0.895 bits per heavy atom. The first-order valence-corrected chi connectivity index (χ1v) is 19.2. The van der Waals surface area contributed by atoms with Crippen LogP contribution in [0.4, 0.5) is 18.9 Å². The van der Waals surface area contributed by atoms with Crippen molar-refractivity contribution < 1.29 is 51.8 Å². The number of nitrogens with one attached hydrogen (secondary N) is 4. The lowest BCUT2D eigenvalue weighted by molar-refractivity contribution is -0.158. The Morgan fingerprint density at radius 2 is 1.56 bits per heavy atom. The zero-order valence-electron chi connectivity index (χ0n) is 31.7. The number of alkyl halides is 1. The maximum Gasteiger partial charge on any atom is 0.329 e. The summed E-state index contributed by atoms with van der Waals surface area (Å²) in [5.74, 6) is -6.46. The van der Waals surface area contributed by atoms with Gasteiger partial charge in [0.15, 0.2) is 6.35 Å². The first-order chi connectivity index (χ1) is 27.2. The van der Waals surface area contributed by atoms with Crippen LogP contribution in [-0.2, 0) is 39.9 Å². The SMILES string of the molecule is Cc1ccc(NC(O)N[C@@H](Cc2cc(F)cc(F)c2)C(=O)N[C@H]2COC(=O)C3C[C@@H](F)CN3C(=O)[C@H](C)NC(=O)C3CCCCN3C(=O)C3CCCN3C2=O)cc1. The summed E-state index contributed by atoms with van der Waals surface area (Å²) < 4.78 is 48.9. The maximum absolute atomic E-state index is 14.8. The molecule has 2 aromatic carbocycles. The smallest absolute Gasteiger partial charge is 0.329 e. The molecule has 0 radical (unpaired) electrons. The quantitative estimate of drug-likeness (QED) is 0.191. The monoisotopic (exact) mass is 799 g/mol. The minimum Gasteiger partial charge on any atom is -0.461 e. The van der Waals surface area contributed by atoms with E-state index in [4.69, 9.17) is 4.74 Å². The van der Waals surface area contributed by atoms with Crippen LogP contribution in [0.15, 0.2) is 42.5 Å². The van der Waals surface area contributed by atoms with Crippen molar-refractivity contribution in [2.45, 2.75) is 108 Å². The molecule has 308 valence electrons. The van der Waals surface area contributed by atoms with Crippen LogP contribution in [-0.4, -0.2) is 130 Å². The van der Waals surface area contributed by atoms with E-state index in [0.717, 1.165) is 22.6 Å². The Balaban J connectivity index is 1.31. The van der Waals surface area contributed by atoms with E-state index < -0.39 is 115 Å². The van der Waals surface area contributed by atoms with E-state index in [-0.39, 0.29) is 31.5 Å². The molecule has 2 aromatic rings.